The van der Waals surface area contributed by atoms with Crippen LogP contribution in [0.1, 0.15) is 36.1 Å². The van der Waals surface area contributed by atoms with Crippen molar-refractivity contribution in [3.05, 3.63) is 90.0 Å². The van der Waals surface area contributed by atoms with E-state index in [1.54, 1.807) is 11.8 Å². The summed E-state index contributed by atoms with van der Waals surface area (Å²) in [5.74, 6) is 2.12. The smallest absolute Gasteiger partial charge is 0.312 e. The number of urea groups is 1. The Hall–Kier alpha value is -3.45. The minimum Gasteiger partial charge on any atom is -0.457 e. The molecule has 3 aromatic rings. The first-order valence-corrected chi connectivity index (χ1v) is 11.5. The van der Waals surface area contributed by atoms with Crippen LogP contribution in [0.2, 0.25) is 0 Å². The van der Waals surface area contributed by atoms with Crippen LogP contribution in [0.15, 0.2) is 83.8 Å². The van der Waals surface area contributed by atoms with Gasteiger partial charge in [0, 0.05) is 10.6 Å². The molecule has 6 nitrogen and oxygen atoms in total. The molecule has 0 spiro atoms. The average molecular weight is 448 g/mol. The van der Waals surface area contributed by atoms with Crippen molar-refractivity contribution in [1.29, 1.82) is 0 Å². The van der Waals surface area contributed by atoms with Gasteiger partial charge in [-0.15, -0.1) is 11.8 Å². The zero-order valence-corrected chi connectivity index (χ0v) is 18.3. The second-order valence-corrected chi connectivity index (χ2v) is 8.68. The third-order valence-corrected chi connectivity index (χ3v) is 6.36. The summed E-state index contributed by atoms with van der Waals surface area (Å²) in [5, 5.41) is 5.82. The first-order valence-electron chi connectivity index (χ1n) is 10.5. The van der Waals surface area contributed by atoms with Gasteiger partial charge in [0.2, 0.25) is 5.91 Å². The van der Waals surface area contributed by atoms with Crippen molar-refractivity contribution in [2.75, 3.05) is 5.75 Å². The molecule has 32 heavy (non-hydrogen) atoms. The normalized spacial score (nSPS) is 15.8. The molecule has 0 saturated heterocycles. The Kier molecular flexibility index (Phi) is 6.97. The van der Waals surface area contributed by atoms with E-state index in [4.69, 9.17) is 10.5 Å². The summed E-state index contributed by atoms with van der Waals surface area (Å²) in [5.41, 5.74) is 7.28. The van der Waals surface area contributed by atoms with E-state index in [-0.39, 0.29) is 18.4 Å². The highest BCUT2D eigenvalue weighted by Crippen LogP contribution is 2.36. The maximum atomic E-state index is 12.9. The van der Waals surface area contributed by atoms with Crippen molar-refractivity contribution in [3.8, 4) is 11.5 Å². The highest BCUT2D eigenvalue weighted by Gasteiger charge is 2.24. The Morgan fingerprint density at radius 1 is 1.00 bits per heavy atom. The van der Waals surface area contributed by atoms with Crippen LogP contribution < -0.4 is 21.1 Å². The Bertz CT molecular complexity index is 1090. The Balaban J connectivity index is 1.48. The molecule has 3 aromatic carbocycles. The van der Waals surface area contributed by atoms with Crippen molar-refractivity contribution >= 4 is 23.7 Å². The molecule has 4 N–H and O–H groups in total. The molecule has 0 aliphatic carbocycles. The van der Waals surface area contributed by atoms with Crippen LogP contribution in [-0.2, 0) is 4.79 Å². The highest BCUT2D eigenvalue weighted by atomic mass is 32.2. The Labute approximate surface area is 191 Å². The summed E-state index contributed by atoms with van der Waals surface area (Å²) in [6.45, 7) is 0. The SMILES string of the molecule is NC(=O)N[C@@H](CC(=O)N[C@H]1CCSc2ccccc21)c1cccc(Oc2ccccc2)c1. The molecule has 0 bridgehead atoms. The predicted octanol–water partition coefficient (Wildman–Crippen LogP) is 4.93. The number of nitrogens with two attached hydrogens (primary N) is 1. The maximum absolute atomic E-state index is 12.9. The van der Waals surface area contributed by atoms with Crippen LogP contribution in [0.4, 0.5) is 4.79 Å². The lowest BCUT2D eigenvalue weighted by molar-refractivity contribution is -0.122. The lowest BCUT2D eigenvalue weighted by atomic mass is 10.0. The van der Waals surface area contributed by atoms with Gasteiger partial charge in [-0.3, -0.25) is 4.79 Å². The zero-order chi connectivity index (χ0) is 22.3. The van der Waals surface area contributed by atoms with Crippen LogP contribution in [0, 0.1) is 0 Å². The molecule has 2 atom stereocenters. The summed E-state index contributed by atoms with van der Waals surface area (Å²) in [7, 11) is 0. The number of rotatable bonds is 7. The van der Waals surface area contributed by atoms with Gasteiger partial charge in [-0.1, -0.05) is 48.5 Å². The van der Waals surface area contributed by atoms with E-state index in [9.17, 15) is 9.59 Å². The monoisotopic (exact) mass is 447 g/mol. The van der Waals surface area contributed by atoms with Gasteiger partial charge >= 0.3 is 6.03 Å². The van der Waals surface area contributed by atoms with Gasteiger partial charge in [0.05, 0.1) is 18.5 Å². The van der Waals surface area contributed by atoms with E-state index in [0.29, 0.717) is 11.5 Å². The molecular weight excluding hydrogens is 422 g/mol. The summed E-state index contributed by atoms with van der Waals surface area (Å²) in [6, 6.07) is 23.6. The number of hydrogen-bond acceptors (Lipinski definition) is 4. The van der Waals surface area contributed by atoms with Crippen molar-refractivity contribution in [3.63, 3.8) is 0 Å². The molecular formula is C25H25N3O3S. The summed E-state index contributed by atoms with van der Waals surface area (Å²) in [6.07, 6.45) is 0.936. The minimum atomic E-state index is -0.684. The number of thioether (sulfide) groups is 1. The van der Waals surface area contributed by atoms with E-state index in [1.807, 2.05) is 66.7 Å². The summed E-state index contributed by atoms with van der Waals surface area (Å²) in [4.78, 5) is 25.8. The molecule has 1 heterocycles. The number of amides is 3. The fourth-order valence-electron chi connectivity index (χ4n) is 3.77. The van der Waals surface area contributed by atoms with Gasteiger partial charge in [-0.25, -0.2) is 4.79 Å². The molecule has 0 unspecified atom stereocenters. The van der Waals surface area contributed by atoms with Gasteiger partial charge in [-0.05, 0) is 47.9 Å². The first kappa shape index (κ1) is 21.8. The molecule has 1 aliphatic rings. The fraction of sp³-hybridized carbons (Fsp3) is 0.200. The Morgan fingerprint density at radius 3 is 2.56 bits per heavy atom. The molecule has 0 radical (unpaired) electrons. The number of primary amides is 1. The quantitative estimate of drug-likeness (QED) is 0.479. The van der Waals surface area contributed by atoms with Gasteiger partial charge in [0.1, 0.15) is 11.5 Å². The van der Waals surface area contributed by atoms with E-state index in [0.717, 1.165) is 23.3 Å². The number of hydrogen-bond donors (Lipinski definition) is 3. The van der Waals surface area contributed by atoms with E-state index in [1.165, 1.54) is 4.90 Å². The fourth-order valence-corrected chi connectivity index (χ4v) is 4.90. The van der Waals surface area contributed by atoms with Crippen molar-refractivity contribution < 1.29 is 14.3 Å². The van der Waals surface area contributed by atoms with Gasteiger partial charge in [-0.2, -0.15) is 0 Å². The minimum absolute atomic E-state index is 0.0399. The van der Waals surface area contributed by atoms with Gasteiger partial charge < -0.3 is 21.1 Å². The molecule has 0 fully saturated rings. The van der Waals surface area contributed by atoms with Crippen molar-refractivity contribution in [2.24, 2.45) is 5.73 Å². The first-order chi connectivity index (χ1) is 15.6. The number of fused-ring (bicyclic) bond motifs is 1. The summed E-state index contributed by atoms with van der Waals surface area (Å²) >= 11 is 1.80. The summed E-state index contributed by atoms with van der Waals surface area (Å²) < 4.78 is 5.89. The predicted molar refractivity (Wildman–Crippen MR) is 126 cm³/mol. The van der Waals surface area contributed by atoms with Gasteiger partial charge in [0.15, 0.2) is 0 Å². The van der Waals surface area contributed by atoms with Gasteiger partial charge in [0.25, 0.3) is 0 Å². The average Bonchev–Trinajstić information content (AvgIpc) is 2.79. The van der Waals surface area contributed by atoms with Crippen LogP contribution in [0.3, 0.4) is 0 Å². The number of ether oxygens (including phenoxy) is 1. The number of carbonyl (C=O) groups is 2. The maximum Gasteiger partial charge on any atom is 0.312 e. The Morgan fingerprint density at radius 2 is 1.75 bits per heavy atom. The molecule has 7 heteroatoms. The molecule has 3 amide bonds. The largest absolute Gasteiger partial charge is 0.457 e. The number of benzene rings is 3. The van der Waals surface area contributed by atoms with Crippen molar-refractivity contribution in [1.82, 2.24) is 10.6 Å². The van der Waals surface area contributed by atoms with E-state index < -0.39 is 12.1 Å². The molecule has 164 valence electrons. The van der Waals surface area contributed by atoms with Crippen LogP contribution >= 0.6 is 11.8 Å². The topological polar surface area (TPSA) is 93.5 Å². The third kappa shape index (κ3) is 5.62. The number of carbonyl (C=O) groups excluding carboxylic acids is 2. The third-order valence-electron chi connectivity index (χ3n) is 5.24. The number of para-hydroxylation sites is 1. The van der Waals surface area contributed by atoms with E-state index >= 15 is 0 Å². The highest BCUT2D eigenvalue weighted by molar-refractivity contribution is 7.99. The standard InChI is InChI=1S/C25H25N3O3S/c26-25(30)28-22(17-7-6-10-19(15-17)31-18-8-2-1-3-9-18)16-24(29)27-21-13-14-32-23-12-5-4-11-20(21)23/h1-12,15,21-22H,13-14,16H2,(H,27,29)(H3,26,28,30)/t21-,22-/m0/s1. The second kappa shape index (κ2) is 10.2. The molecule has 0 saturated carbocycles. The van der Waals surface area contributed by atoms with Crippen molar-refractivity contribution in [2.45, 2.75) is 29.8 Å². The zero-order valence-electron chi connectivity index (χ0n) is 17.5. The second-order valence-electron chi connectivity index (χ2n) is 7.55. The van der Waals surface area contributed by atoms with Crippen LogP contribution in [0.5, 0.6) is 11.5 Å². The lowest BCUT2D eigenvalue weighted by Gasteiger charge is -2.27. The molecule has 4 rings (SSSR count). The lowest BCUT2D eigenvalue weighted by Crippen LogP contribution is -2.38. The van der Waals surface area contributed by atoms with E-state index in [2.05, 4.69) is 22.8 Å². The molecule has 1 aliphatic heterocycles. The number of nitrogens with one attached hydrogen (secondary N) is 2. The van der Waals surface area contributed by atoms with Crippen LogP contribution in [-0.4, -0.2) is 17.7 Å². The molecule has 0 aromatic heterocycles. The van der Waals surface area contributed by atoms with Crippen LogP contribution in [0.25, 0.3) is 0 Å².